The Morgan fingerprint density at radius 1 is 1.10 bits per heavy atom. The van der Waals surface area contributed by atoms with Gasteiger partial charge in [-0.1, -0.05) is 0 Å². The highest BCUT2D eigenvalue weighted by Gasteiger charge is 2.44. The quantitative estimate of drug-likeness (QED) is 0.243. The van der Waals surface area contributed by atoms with E-state index in [1.807, 2.05) is 0 Å². The maximum Gasteiger partial charge on any atom is 0.458 e. The van der Waals surface area contributed by atoms with Crippen molar-refractivity contribution < 1.29 is 24.5 Å². The normalized spacial score (nSPS) is 10.8. The Morgan fingerprint density at radius 2 is 1.65 bits per heavy atom. The molecule has 0 aliphatic rings. The third-order valence-corrected chi connectivity index (χ3v) is 2.41. The molecule has 15 nitrogen and oxygen atoms in total. The third kappa shape index (κ3) is 1.30. The molecule has 0 bridgehead atoms. The maximum absolute atomic E-state index is 11.7. The summed E-state index contributed by atoms with van der Waals surface area (Å²) in [6, 6.07) is 0. The first-order valence-corrected chi connectivity index (χ1v) is 4.57. The molecule has 4 N–H and O–H groups in total. The number of hydrogen-bond acceptors (Lipinski definition) is 9. The van der Waals surface area contributed by atoms with Gasteiger partial charge in [-0.05, 0) is 0 Å². The van der Waals surface area contributed by atoms with E-state index in [0.29, 0.717) is 0 Å². The number of aromatic nitrogens is 4. The predicted octanol–water partition coefficient (Wildman–Crippen LogP) is -3.35. The molecule has 0 saturated heterocycles. The van der Waals surface area contributed by atoms with Gasteiger partial charge in [0.15, 0.2) is 5.69 Å². The first kappa shape index (κ1) is 12.8. The van der Waals surface area contributed by atoms with E-state index in [2.05, 4.69) is 0 Å². The van der Waals surface area contributed by atoms with Crippen LogP contribution in [-0.4, -0.2) is 14.7 Å². The van der Waals surface area contributed by atoms with Gasteiger partial charge in [-0.15, -0.1) is 0 Å². The van der Waals surface area contributed by atoms with Gasteiger partial charge in [0.25, 0.3) is 0 Å². The predicted molar refractivity (Wildman–Crippen MR) is 56.7 cm³/mol. The molecule has 0 unspecified atom stereocenters. The van der Waals surface area contributed by atoms with Crippen LogP contribution < -0.4 is 26.0 Å². The van der Waals surface area contributed by atoms with Gasteiger partial charge < -0.3 is 27.1 Å². The zero-order valence-electron chi connectivity index (χ0n) is 9.20. The number of anilines is 2. The van der Waals surface area contributed by atoms with Crippen LogP contribution in [0.1, 0.15) is 0 Å². The minimum atomic E-state index is -1.39. The Bertz CT molecular complexity index is 780. The Labute approximate surface area is 106 Å². The minimum Gasteiger partial charge on any atom is -0.739 e. The molecule has 106 valence electrons. The molecule has 2 heterocycles. The average Bonchev–Trinajstić information content (AvgIpc) is 2.59. The van der Waals surface area contributed by atoms with Crippen molar-refractivity contribution in [3.05, 3.63) is 35.9 Å². The number of rotatable bonds is 2. The van der Waals surface area contributed by atoms with Gasteiger partial charge in [0.1, 0.15) is 0 Å². The molecule has 15 heteroatoms. The van der Waals surface area contributed by atoms with Gasteiger partial charge in [-0.3, -0.25) is 10.1 Å². The largest absolute Gasteiger partial charge is 0.739 e. The summed E-state index contributed by atoms with van der Waals surface area (Å²) >= 11 is 0. The van der Waals surface area contributed by atoms with Gasteiger partial charge >= 0.3 is 32.5 Å². The first-order chi connectivity index (χ1) is 9.20. The smallest absolute Gasteiger partial charge is 0.458 e. The van der Waals surface area contributed by atoms with E-state index in [1.165, 1.54) is 0 Å². The van der Waals surface area contributed by atoms with Crippen molar-refractivity contribution in [2.24, 2.45) is 0 Å². The van der Waals surface area contributed by atoms with Crippen LogP contribution in [0.15, 0.2) is 0 Å². The monoisotopic (exact) mass is 288 g/mol. The maximum atomic E-state index is 11.7. The van der Waals surface area contributed by atoms with Crippen LogP contribution in [0.5, 0.6) is 0 Å². The van der Waals surface area contributed by atoms with Crippen LogP contribution in [0, 0.1) is 35.9 Å². The number of nitrogen functional groups attached to an aromatic ring is 2. The summed E-state index contributed by atoms with van der Waals surface area (Å²) in [7, 11) is 0. The molecule has 0 atom stereocenters. The summed E-state index contributed by atoms with van der Waals surface area (Å²) < 4.78 is -0.491. The molecule has 0 aliphatic carbocycles. The summed E-state index contributed by atoms with van der Waals surface area (Å²) in [5.74, 6) is -1.10. The molecular formula is C5H4N8O7. The van der Waals surface area contributed by atoms with Crippen LogP contribution in [-0.2, 0) is 0 Å². The highest BCUT2D eigenvalue weighted by atomic mass is 16.7. The number of nitrogens with two attached hydrogens (primary N) is 2. The van der Waals surface area contributed by atoms with E-state index in [-0.39, 0.29) is 0 Å². The molecule has 0 spiro atoms. The fourth-order valence-corrected chi connectivity index (χ4v) is 1.62. The number of nitro groups is 2. The lowest BCUT2D eigenvalue weighted by atomic mass is 10.3. The molecule has 2 rings (SSSR count). The number of pyridine rings is 1. The van der Waals surface area contributed by atoms with Gasteiger partial charge in [-0.25, -0.2) is 14.8 Å². The van der Waals surface area contributed by atoms with E-state index in [0.717, 1.165) is 0 Å². The van der Waals surface area contributed by atoms with E-state index in [9.17, 15) is 35.9 Å². The third-order valence-electron chi connectivity index (χ3n) is 2.41. The fraction of sp³-hybridized carbons (Fsp3) is 0. The lowest BCUT2D eigenvalue weighted by Crippen LogP contribution is -2.64. The highest BCUT2D eigenvalue weighted by molar-refractivity contribution is 5.88. The van der Waals surface area contributed by atoms with E-state index >= 15 is 0 Å². The van der Waals surface area contributed by atoms with Gasteiger partial charge in [0.05, 0.1) is 4.92 Å². The van der Waals surface area contributed by atoms with Crippen molar-refractivity contribution in [3.8, 4) is 0 Å². The molecule has 0 fully saturated rings. The van der Waals surface area contributed by atoms with Gasteiger partial charge in [0.2, 0.25) is 4.96 Å². The number of hydrogen-bond donors (Lipinski definition) is 2. The zero-order valence-corrected chi connectivity index (χ0v) is 9.20. The summed E-state index contributed by atoms with van der Waals surface area (Å²) in [5.41, 5.74) is 6.20. The Kier molecular flexibility index (Phi) is 2.35. The molecule has 20 heavy (non-hydrogen) atoms. The first-order valence-electron chi connectivity index (χ1n) is 4.57. The topological polar surface area (TPSA) is 224 Å². The highest BCUT2D eigenvalue weighted by Crippen LogP contribution is 2.30. The summed E-state index contributed by atoms with van der Waals surface area (Å²) in [5, 5.41) is 54.5. The molecule has 2 aromatic rings. The Morgan fingerprint density at radius 3 is 2.10 bits per heavy atom. The van der Waals surface area contributed by atoms with E-state index < -0.39 is 57.6 Å². The summed E-state index contributed by atoms with van der Waals surface area (Å²) in [6.07, 6.45) is 0. The van der Waals surface area contributed by atoms with Crippen LogP contribution >= 0.6 is 0 Å². The second kappa shape index (κ2) is 3.67. The van der Waals surface area contributed by atoms with Crippen molar-refractivity contribution in [1.82, 2.24) is 4.79 Å². The van der Waals surface area contributed by atoms with E-state index in [1.54, 1.807) is 0 Å². The molecular weight excluding hydrogens is 284 g/mol. The van der Waals surface area contributed by atoms with Gasteiger partial charge in [-0.2, -0.15) is 0 Å². The van der Waals surface area contributed by atoms with Gasteiger partial charge in [0, 0.05) is 4.85 Å². The second-order valence-electron chi connectivity index (χ2n) is 3.42. The van der Waals surface area contributed by atoms with Crippen molar-refractivity contribution in [2.75, 3.05) is 11.5 Å². The number of fused-ring (bicyclic) bond motifs is 1. The minimum absolute atomic E-state index is 0.480. The Balaban J connectivity index is 3.17. The molecule has 0 radical (unpaired) electrons. The lowest BCUT2D eigenvalue weighted by molar-refractivity contribution is -1.23. The second-order valence-corrected chi connectivity index (χ2v) is 3.42. The Hall–Kier alpha value is -3.65. The van der Waals surface area contributed by atoms with Crippen molar-refractivity contribution in [2.45, 2.75) is 0 Å². The van der Waals surface area contributed by atoms with Crippen molar-refractivity contribution >= 4 is 28.4 Å². The molecule has 0 saturated carbocycles. The fourth-order valence-electron chi connectivity index (χ4n) is 1.62. The van der Waals surface area contributed by atoms with E-state index in [4.69, 9.17) is 11.5 Å². The zero-order chi connectivity index (χ0) is 15.4. The summed E-state index contributed by atoms with van der Waals surface area (Å²) in [4.78, 5) is 18.2. The molecule has 0 amide bonds. The lowest BCUT2D eigenvalue weighted by Gasteiger charge is -2.06. The van der Waals surface area contributed by atoms with Crippen molar-refractivity contribution in [3.63, 3.8) is 0 Å². The molecule has 2 aromatic heterocycles. The van der Waals surface area contributed by atoms with Crippen LogP contribution in [0.4, 0.5) is 17.2 Å². The molecule has 0 aliphatic heterocycles. The SMILES string of the molecule is Nc1c([N+](=O)[O-])c(N)[n+]([O-])c2c1[n+]([O-])[n+]([O-])n2[N+](=O)[O-]. The van der Waals surface area contributed by atoms with Crippen molar-refractivity contribution in [1.29, 1.82) is 0 Å². The average molecular weight is 288 g/mol. The standard InChI is InChI=1S/C5H4N8O7/c6-1-2(11(16)17)4(7)8(14)5-3(1)10(15)12(18)9(5)13(19)20/h6-7H2. The number of nitrogens with zero attached hydrogens (tertiary/aromatic N) is 6. The van der Waals surface area contributed by atoms with Crippen LogP contribution in [0.2, 0.25) is 0 Å². The van der Waals surface area contributed by atoms with Crippen LogP contribution in [0.3, 0.4) is 0 Å². The van der Waals surface area contributed by atoms with Crippen LogP contribution in [0.25, 0.3) is 11.2 Å². The molecule has 0 aromatic carbocycles. The summed E-state index contributed by atoms with van der Waals surface area (Å²) in [6.45, 7) is 0.